The highest BCUT2D eigenvalue weighted by atomic mass is 28.4. The first kappa shape index (κ1) is 16.8. The first-order valence-electron chi connectivity index (χ1n) is 5.53. The van der Waals surface area contributed by atoms with Gasteiger partial charge in [0.2, 0.25) is 0 Å². The fraction of sp³-hybridized carbons (Fsp3) is 0.600. The molecule has 0 aromatic rings. The van der Waals surface area contributed by atoms with Gasteiger partial charge in [-0.2, -0.15) is 0 Å². The van der Waals surface area contributed by atoms with Crippen LogP contribution in [0.25, 0.3) is 0 Å². The first-order valence-corrected chi connectivity index (χ1v) is 7.26. The van der Waals surface area contributed by atoms with E-state index in [0.29, 0.717) is 6.08 Å². The molecule has 0 atom stereocenters. The second-order valence-electron chi connectivity index (χ2n) is 3.06. The van der Waals surface area contributed by atoms with Gasteiger partial charge in [0.1, 0.15) is 5.20 Å². The Balaban J connectivity index is 5.57. The van der Waals surface area contributed by atoms with Crippen LogP contribution in [0.3, 0.4) is 0 Å². The van der Waals surface area contributed by atoms with Crippen molar-refractivity contribution in [1.29, 1.82) is 0 Å². The quantitative estimate of drug-likeness (QED) is 0.472. The lowest BCUT2D eigenvalue weighted by Gasteiger charge is -2.28. The molecule has 0 aliphatic rings. The molecule has 8 heteroatoms. The van der Waals surface area contributed by atoms with E-state index in [1.165, 1.54) is 0 Å². The van der Waals surface area contributed by atoms with Crippen LogP contribution >= 0.6 is 0 Å². The monoisotopic (exact) mass is 278 g/mol. The largest absolute Gasteiger partial charge is 0.544 e. The van der Waals surface area contributed by atoms with Crippen LogP contribution in [0.2, 0.25) is 0 Å². The molecular weight excluding hydrogens is 260 g/mol. The minimum atomic E-state index is -3.67. The van der Waals surface area contributed by atoms with E-state index in [2.05, 4.69) is 0 Å². The van der Waals surface area contributed by atoms with E-state index in [9.17, 15) is 9.59 Å². The summed E-state index contributed by atoms with van der Waals surface area (Å²) in [5.74, 6) is -2.80. The van der Waals surface area contributed by atoms with Gasteiger partial charge in [0.15, 0.2) is 0 Å². The van der Waals surface area contributed by atoms with Gasteiger partial charge in [-0.1, -0.05) is 0 Å². The van der Waals surface area contributed by atoms with E-state index in [1.54, 1.807) is 20.8 Å². The van der Waals surface area contributed by atoms with Crippen molar-refractivity contribution in [3.8, 4) is 0 Å². The molecule has 0 aromatic carbocycles. The van der Waals surface area contributed by atoms with Gasteiger partial charge in [0.05, 0.1) is 0 Å². The van der Waals surface area contributed by atoms with Gasteiger partial charge in [-0.15, -0.1) is 0 Å². The summed E-state index contributed by atoms with van der Waals surface area (Å²) in [6, 6.07) is 0. The molecule has 0 aromatic heterocycles. The Morgan fingerprint density at radius 1 is 1.00 bits per heavy atom. The van der Waals surface area contributed by atoms with Gasteiger partial charge in [0, 0.05) is 25.9 Å². The van der Waals surface area contributed by atoms with E-state index < -0.39 is 25.9 Å². The van der Waals surface area contributed by atoms with Gasteiger partial charge >= 0.3 is 20.7 Å². The van der Waals surface area contributed by atoms with Crippen molar-refractivity contribution in [2.24, 2.45) is 0 Å². The van der Waals surface area contributed by atoms with Crippen molar-refractivity contribution in [3.05, 3.63) is 11.3 Å². The molecule has 0 amide bonds. The zero-order valence-electron chi connectivity index (χ0n) is 10.6. The van der Waals surface area contributed by atoms with Crippen LogP contribution in [-0.2, 0) is 22.9 Å². The molecule has 18 heavy (non-hydrogen) atoms. The highest BCUT2D eigenvalue weighted by molar-refractivity contribution is 6.74. The number of rotatable bonds is 9. The van der Waals surface area contributed by atoms with Crippen LogP contribution in [0.15, 0.2) is 11.3 Å². The second kappa shape index (κ2) is 7.98. The van der Waals surface area contributed by atoms with Crippen molar-refractivity contribution in [1.82, 2.24) is 0 Å². The van der Waals surface area contributed by atoms with Crippen LogP contribution < -0.4 is 0 Å². The number of carboxylic acids is 2. The highest BCUT2D eigenvalue weighted by Gasteiger charge is 2.49. The van der Waals surface area contributed by atoms with E-state index in [-0.39, 0.29) is 19.8 Å². The summed E-state index contributed by atoms with van der Waals surface area (Å²) < 4.78 is 16.0. The molecule has 0 unspecified atom stereocenters. The Labute approximate surface area is 106 Å². The number of hydrogen-bond acceptors (Lipinski definition) is 5. The van der Waals surface area contributed by atoms with E-state index in [0.717, 1.165) is 0 Å². The molecule has 0 rings (SSSR count). The number of carboxylic acid groups (broad SMARTS) is 2. The van der Waals surface area contributed by atoms with E-state index in [1.807, 2.05) is 0 Å². The normalized spacial score (nSPS) is 12.5. The van der Waals surface area contributed by atoms with Crippen molar-refractivity contribution in [3.63, 3.8) is 0 Å². The molecule has 0 bridgehead atoms. The molecule has 0 saturated carbocycles. The Bertz CT molecular complexity index is 309. The summed E-state index contributed by atoms with van der Waals surface area (Å²) in [4.78, 5) is 21.9. The molecule has 0 saturated heterocycles. The standard InChI is InChI=1S/C10H18O7Si/c1-4-15-18(16-5-2,17-6-3)8(10(13)14)7-9(11)12/h7H,4-6H2,1-3H3,(H,11,12)(H,13,14)/b8-7+. The minimum Gasteiger partial charge on any atom is -0.478 e. The zero-order valence-corrected chi connectivity index (χ0v) is 11.6. The molecule has 0 aliphatic heterocycles. The van der Waals surface area contributed by atoms with Crippen molar-refractivity contribution < 1.29 is 33.1 Å². The maximum absolute atomic E-state index is 11.2. The van der Waals surface area contributed by atoms with Gasteiger partial charge in [-0.05, 0) is 20.8 Å². The Morgan fingerprint density at radius 2 is 1.39 bits per heavy atom. The zero-order chi connectivity index (χ0) is 14.2. The fourth-order valence-corrected chi connectivity index (χ4v) is 3.75. The maximum Gasteiger partial charge on any atom is 0.544 e. The molecule has 104 valence electrons. The van der Waals surface area contributed by atoms with Gasteiger partial charge < -0.3 is 23.5 Å². The summed E-state index contributed by atoms with van der Waals surface area (Å²) in [5, 5.41) is 17.3. The van der Waals surface area contributed by atoms with Crippen molar-refractivity contribution >= 4 is 20.7 Å². The Hall–Kier alpha value is -1.22. The summed E-state index contributed by atoms with van der Waals surface area (Å²) in [5.41, 5.74) is 0. The SMILES string of the molecule is CCO[Si](OCC)(OCC)/C(=C/C(=O)O)C(=O)O. The number of carbonyl (C=O) groups is 2. The Morgan fingerprint density at radius 3 is 1.61 bits per heavy atom. The van der Waals surface area contributed by atoms with Crippen LogP contribution in [0, 0.1) is 0 Å². The molecule has 0 spiro atoms. The van der Waals surface area contributed by atoms with E-state index >= 15 is 0 Å². The fourth-order valence-electron chi connectivity index (χ4n) is 1.33. The van der Waals surface area contributed by atoms with Crippen molar-refractivity contribution in [2.45, 2.75) is 20.8 Å². The summed E-state index contributed by atoms with van der Waals surface area (Å²) in [7, 11) is -3.67. The summed E-state index contributed by atoms with van der Waals surface area (Å²) in [6.07, 6.45) is 0.565. The third kappa shape index (κ3) is 4.57. The maximum atomic E-state index is 11.2. The predicted octanol–water partition coefficient (Wildman–Crippen LogP) is 0.670. The van der Waals surface area contributed by atoms with Crippen LogP contribution in [0.4, 0.5) is 0 Å². The van der Waals surface area contributed by atoms with Crippen LogP contribution in [-0.4, -0.2) is 50.8 Å². The molecule has 2 N–H and O–H groups in total. The van der Waals surface area contributed by atoms with Gasteiger partial charge in [-0.3, -0.25) is 0 Å². The highest BCUT2D eigenvalue weighted by Crippen LogP contribution is 2.20. The number of aliphatic carboxylic acids is 2. The first-order chi connectivity index (χ1) is 8.43. The average Bonchev–Trinajstić information content (AvgIpc) is 2.26. The third-order valence-electron chi connectivity index (χ3n) is 1.83. The predicted molar refractivity (Wildman–Crippen MR) is 64.0 cm³/mol. The molecule has 0 aliphatic carbocycles. The lowest BCUT2D eigenvalue weighted by molar-refractivity contribution is -0.135. The molecule has 7 nitrogen and oxygen atoms in total. The molecule has 0 radical (unpaired) electrons. The lowest BCUT2D eigenvalue weighted by atomic mass is 10.5. The van der Waals surface area contributed by atoms with Gasteiger partial charge in [-0.25, -0.2) is 9.59 Å². The lowest BCUT2D eigenvalue weighted by Crippen LogP contribution is -2.51. The van der Waals surface area contributed by atoms with Crippen LogP contribution in [0.1, 0.15) is 20.8 Å². The molecular formula is C10H18O7Si. The average molecular weight is 278 g/mol. The summed E-state index contributed by atoms with van der Waals surface area (Å²) >= 11 is 0. The smallest absolute Gasteiger partial charge is 0.478 e. The van der Waals surface area contributed by atoms with E-state index in [4.69, 9.17) is 23.5 Å². The minimum absolute atomic E-state index is 0.163. The summed E-state index contributed by atoms with van der Waals surface area (Å²) in [6.45, 7) is 5.45. The molecule has 0 heterocycles. The number of hydrogen-bond donors (Lipinski definition) is 2. The second-order valence-corrected chi connectivity index (χ2v) is 5.57. The van der Waals surface area contributed by atoms with Crippen LogP contribution in [0.5, 0.6) is 0 Å². The topological polar surface area (TPSA) is 102 Å². The molecule has 0 fully saturated rings. The van der Waals surface area contributed by atoms with Crippen molar-refractivity contribution in [2.75, 3.05) is 19.8 Å². The Kier molecular flexibility index (Phi) is 7.44. The third-order valence-corrected chi connectivity index (χ3v) is 4.86. The van der Waals surface area contributed by atoms with Gasteiger partial charge in [0.25, 0.3) is 0 Å².